The molecule has 1 aromatic carbocycles. The van der Waals surface area contributed by atoms with Gasteiger partial charge in [-0.2, -0.15) is 0 Å². The molecule has 0 bridgehead atoms. The number of rotatable bonds is 3. The van der Waals surface area contributed by atoms with E-state index in [9.17, 15) is 14.0 Å². The minimum Gasteiger partial charge on any atom is -0.478 e. The number of benzene rings is 1. The molecule has 2 aromatic rings. The largest absolute Gasteiger partial charge is 0.478 e. The van der Waals surface area contributed by atoms with Crippen molar-refractivity contribution in [2.45, 2.75) is 25.9 Å². The molecular weight excluding hydrogens is 343 g/mol. The number of nitrogens with zero attached hydrogens (tertiary/aromatic N) is 1. The molecule has 0 aliphatic carbocycles. The summed E-state index contributed by atoms with van der Waals surface area (Å²) in [4.78, 5) is 21.3. The maximum atomic E-state index is 13.7. The van der Waals surface area contributed by atoms with Gasteiger partial charge in [-0.3, -0.25) is 0 Å². The third kappa shape index (κ3) is 5.06. The van der Waals surface area contributed by atoms with Crippen LogP contribution in [0.4, 0.5) is 10.1 Å². The Morgan fingerprint density at radius 1 is 1.27 bits per heavy atom. The monoisotopic (exact) mass is 364 g/mol. The van der Waals surface area contributed by atoms with Gasteiger partial charge in [0.05, 0.1) is 12.0 Å². The number of carboxylic acid groups (broad SMARTS) is 2. The molecule has 1 aromatic heterocycles. The van der Waals surface area contributed by atoms with Gasteiger partial charge in [0.2, 0.25) is 0 Å². The fraction of sp³-hybridized carbons (Fsp3) is 0.333. The second-order valence-corrected chi connectivity index (χ2v) is 6.08. The maximum absolute atomic E-state index is 13.7. The Bertz CT molecular complexity index is 801. The van der Waals surface area contributed by atoms with Gasteiger partial charge in [-0.25, -0.2) is 14.0 Å². The molecule has 0 spiro atoms. The summed E-state index contributed by atoms with van der Waals surface area (Å²) < 4.78 is 19.2. The molecule has 1 fully saturated rings. The Balaban J connectivity index is 0.000000260. The van der Waals surface area contributed by atoms with Crippen LogP contribution < -0.4 is 10.2 Å². The van der Waals surface area contributed by atoms with Gasteiger partial charge >= 0.3 is 11.9 Å². The van der Waals surface area contributed by atoms with Crippen molar-refractivity contribution in [1.29, 1.82) is 0 Å². The molecule has 0 radical (unpaired) electrons. The average molecular weight is 364 g/mol. The van der Waals surface area contributed by atoms with Crippen LogP contribution in [0.1, 0.15) is 13.8 Å². The van der Waals surface area contributed by atoms with Gasteiger partial charge < -0.3 is 24.8 Å². The lowest BCUT2D eigenvalue weighted by atomic mass is 10.1. The van der Waals surface area contributed by atoms with Gasteiger partial charge in [0.15, 0.2) is 5.58 Å². The van der Waals surface area contributed by atoms with Crippen molar-refractivity contribution < 1.29 is 28.6 Å². The van der Waals surface area contributed by atoms with Crippen molar-refractivity contribution >= 4 is 28.6 Å². The lowest BCUT2D eigenvalue weighted by molar-refractivity contribution is -0.134. The van der Waals surface area contributed by atoms with E-state index < -0.39 is 11.9 Å². The molecule has 1 aliphatic heterocycles. The summed E-state index contributed by atoms with van der Waals surface area (Å²) in [5.74, 6) is -2.72. The Morgan fingerprint density at radius 2 is 1.92 bits per heavy atom. The second-order valence-electron chi connectivity index (χ2n) is 6.08. The molecule has 7 nitrogen and oxygen atoms in total. The Morgan fingerprint density at radius 3 is 2.54 bits per heavy atom. The third-order valence-electron chi connectivity index (χ3n) is 3.94. The number of fused-ring (bicyclic) bond motifs is 1. The number of hydrogen-bond acceptors (Lipinski definition) is 5. The Hall–Kier alpha value is -2.87. The van der Waals surface area contributed by atoms with E-state index in [-0.39, 0.29) is 5.82 Å². The quantitative estimate of drug-likeness (QED) is 0.719. The van der Waals surface area contributed by atoms with Crippen LogP contribution in [-0.4, -0.2) is 47.3 Å². The Kier molecular flexibility index (Phi) is 6.35. The van der Waals surface area contributed by atoms with Gasteiger partial charge in [-0.1, -0.05) is 0 Å². The molecule has 0 saturated carbocycles. The first-order valence-electron chi connectivity index (χ1n) is 8.08. The smallest absolute Gasteiger partial charge is 0.328 e. The number of hydrogen-bond donors (Lipinski definition) is 3. The van der Waals surface area contributed by atoms with E-state index in [0.29, 0.717) is 24.2 Å². The van der Waals surface area contributed by atoms with Crippen molar-refractivity contribution in [1.82, 2.24) is 5.32 Å². The Labute approximate surface area is 149 Å². The normalized spacial score (nSPS) is 20.0. The van der Waals surface area contributed by atoms with Crippen LogP contribution in [0, 0.1) is 5.82 Å². The summed E-state index contributed by atoms with van der Waals surface area (Å²) in [6, 6.07) is 5.61. The molecule has 140 valence electrons. The minimum absolute atomic E-state index is 0.211. The van der Waals surface area contributed by atoms with Crippen LogP contribution in [0.5, 0.6) is 0 Å². The van der Waals surface area contributed by atoms with Gasteiger partial charge in [-0.15, -0.1) is 0 Å². The van der Waals surface area contributed by atoms with Crippen molar-refractivity contribution in [2.24, 2.45) is 0 Å². The van der Waals surface area contributed by atoms with Gasteiger partial charge in [-0.05, 0) is 26.0 Å². The molecule has 2 atom stereocenters. The van der Waals surface area contributed by atoms with E-state index >= 15 is 0 Å². The first-order valence-corrected chi connectivity index (χ1v) is 8.08. The molecule has 0 amide bonds. The van der Waals surface area contributed by atoms with E-state index in [4.69, 9.17) is 14.6 Å². The number of aliphatic carboxylic acids is 2. The number of carbonyl (C=O) groups is 2. The molecule has 3 N–H and O–H groups in total. The predicted molar refractivity (Wildman–Crippen MR) is 94.9 cm³/mol. The summed E-state index contributed by atoms with van der Waals surface area (Å²) in [6.07, 6.45) is 2.73. The summed E-state index contributed by atoms with van der Waals surface area (Å²) in [7, 11) is 0. The number of nitrogens with one attached hydrogen (secondary N) is 1. The fourth-order valence-electron chi connectivity index (χ4n) is 2.74. The third-order valence-corrected chi connectivity index (χ3v) is 3.94. The van der Waals surface area contributed by atoms with Crippen LogP contribution in [0.2, 0.25) is 0 Å². The zero-order valence-electron chi connectivity index (χ0n) is 14.5. The zero-order valence-corrected chi connectivity index (χ0v) is 14.5. The molecular formula is C18H21FN2O5. The summed E-state index contributed by atoms with van der Waals surface area (Å²) >= 11 is 0. The van der Waals surface area contributed by atoms with E-state index in [1.54, 1.807) is 18.4 Å². The highest BCUT2D eigenvalue weighted by Crippen LogP contribution is 2.31. The maximum Gasteiger partial charge on any atom is 0.328 e. The van der Waals surface area contributed by atoms with E-state index in [1.165, 1.54) is 6.07 Å². The van der Waals surface area contributed by atoms with E-state index in [0.717, 1.165) is 29.7 Å². The first kappa shape index (κ1) is 19.5. The first-order chi connectivity index (χ1) is 12.3. The lowest BCUT2D eigenvalue weighted by Gasteiger charge is -2.39. The second kappa shape index (κ2) is 8.48. The van der Waals surface area contributed by atoms with Crippen molar-refractivity contribution in [3.63, 3.8) is 0 Å². The van der Waals surface area contributed by atoms with E-state index in [1.807, 2.05) is 0 Å². The van der Waals surface area contributed by atoms with E-state index in [2.05, 4.69) is 24.1 Å². The summed E-state index contributed by atoms with van der Waals surface area (Å²) in [6.45, 7) is 6.04. The molecule has 0 unspecified atom stereocenters. The SMILES string of the molecule is C[C@@H]1CN[C@@H](C)CN1c1cc(F)cc2ccoc12.O=C(O)C=CC(=O)O. The topological polar surface area (TPSA) is 103 Å². The number of anilines is 1. The molecule has 8 heteroatoms. The number of carboxylic acids is 2. The van der Waals surface area contributed by atoms with Gasteiger partial charge in [0.1, 0.15) is 5.82 Å². The lowest BCUT2D eigenvalue weighted by Crippen LogP contribution is -2.54. The average Bonchev–Trinajstić information content (AvgIpc) is 3.03. The zero-order chi connectivity index (χ0) is 19.3. The summed E-state index contributed by atoms with van der Waals surface area (Å²) in [5, 5.41) is 19.9. The molecule has 3 rings (SSSR count). The van der Waals surface area contributed by atoms with Gasteiger partial charge in [0, 0.05) is 48.8 Å². The van der Waals surface area contributed by atoms with Crippen LogP contribution >= 0.6 is 0 Å². The highest BCUT2D eigenvalue weighted by molar-refractivity contribution is 5.90. The molecule has 26 heavy (non-hydrogen) atoms. The van der Waals surface area contributed by atoms with Crippen LogP contribution in [0.15, 0.2) is 41.0 Å². The highest BCUT2D eigenvalue weighted by Gasteiger charge is 2.25. The highest BCUT2D eigenvalue weighted by atomic mass is 19.1. The standard InChI is InChI=1S/C14H17FN2O.C4H4O4/c1-9-8-17(10(2)7-16-9)13-6-12(15)5-11-3-4-18-14(11)13;5-3(6)1-2-4(7)8/h3-6,9-10,16H,7-8H2,1-2H3;1-2H,(H,5,6)(H,7,8)/t9-,10+;/m0./s1. The van der Waals surface area contributed by atoms with Gasteiger partial charge in [0.25, 0.3) is 0 Å². The van der Waals surface area contributed by atoms with Crippen molar-refractivity contribution in [3.8, 4) is 0 Å². The van der Waals surface area contributed by atoms with Crippen LogP contribution in [0.25, 0.3) is 11.0 Å². The van der Waals surface area contributed by atoms with Crippen LogP contribution in [0.3, 0.4) is 0 Å². The van der Waals surface area contributed by atoms with Crippen molar-refractivity contribution in [2.75, 3.05) is 18.0 Å². The number of furan rings is 1. The summed E-state index contributed by atoms with van der Waals surface area (Å²) in [5.41, 5.74) is 1.63. The fourth-order valence-corrected chi connectivity index (χ4v) is 2.74. The predicted octanol–water partition coefficient (Wildman–Crippen LogP) is 2.47. The number of piperazine rings is 1. The minimum atomic E-state index is -1.26. The molecule has 1 saturated heterocycles. The number of halogens is 1. The molecule has 1 aliphatic rings. The van der Waals surface area contributed by atoms with Crippen molar-refractivity contribution in [3.05, 3.63) is 42.4 Å². The van der Waals surface area contributed by atoms with Crippen LogP contribution in [-0.2, 0) is 9.59 Å². The molecule has 2 heterocycles.